The minimum absolute atomic E-state index is 0. The van der Waals surface area contributed by atoms with Crippen molar-refractivity contribution in [3.8, 4) is 5.75 Å². The van der Waals surface area contributed by atoms with Gasteiger partial charge in [-0.25, -0.2) is 4.99 Å². The van der Waals surface area contributed by atoms with E-state index < -0.39 is 0 Å². The van der Waals surface area contributed by atoms with Gasteiger partial charge in [-0.3, -0.25) is 4.98 Å². The summed E-state index contributed by atoms with van der Waals surface area (Å²) in [6.45, 7) is 5.35. The molecule has 2 aromatic rings. The van der Waals surface area contributed by atoms with Crippen molar-refractivity contribution in [2.24, 2.45) is 4.99 Å². The molecule has 0 radical (unpaired) electrons. The SMILES string of the molecule is CCNC(=NCc1cccc(OCCOC)c1)NCCc1ccccn1.I. The number of hydrogen-bond acceptors (Lipinski definition) is 4. The van der Waals surface area contributed by atoms with E-state index in [9.17, 15) is 0 Å². The highest BCUT2D eigenvalue weighted by Crippen LogP contribution is 2.14. The summed E-state index contributed by atoms with van der Waals surface area (Å²) < 4.78 is 10.6. The fourth-order valence-corrected chi connectivity index (χ4v) is 2.34. The molecule has 0 aliphatic carbocycles. The standard InChI is InChI=1S/C20H28N4O2.HI/c1-3-21-20(23-12-10-18-8-4-5-11-22-18)24-16-17-7-6-9-19(15-17)26-14-13-25-2;/h4-9,11,15H,3,10,12-14,16H2,1-2H3,(H2,21,23,24);1H. The van der Waals surface area contributed by atoms with Gasteiger partial charge in [-0.15, -0.1) is 24.0 Å². The molecule has 0 spiro atoms. The van der Waals surface area contributed by atoms with Crippen LogP contribution >= 0.6 is 24.0 Å². The maximum atomic E-state index is 5.64. The summed E-state index contributed by atoms with van der Waals surface area (Å²) in [5.41, 5.74) is 2.17. The number of aliphatic imine (C=N–C) groups is 1. The van der Waals surface area contributed by atoms with E-state index in [2.05, 4.69) is 27.5 Å². The number of pyridine rings is 1. The Hall–Kier alpha value is -1.87. The van der Waals surface area contributed by atoms with Crippen LogP contribution in [0.5, 0.6) is 5.75 Å². The number of nitrogens with one attached hydrogen (secondary N) is 2. The molecule has 0 unspecified atom stereocenters. The summed E-state index contributed by atoms with van der Waals surface area (Å²) in [4.78, 5) is 8.98. The number of aromatic nitrogens is 1. The van der Waals surface area contributed by atoms with Crippen molar-refractivity contribution in [2.75, 3.05) is 33.4 Å². The Balaban J connectivity index is 0.00000364. The minimum Gasteiger partial charge on any atom is -0.491 e. The van der Waals surface area contributed by atoms with E-state index >= 15 is 0 Å². The van der Waals surface area contributed by atoms with Gasteiger partial charge in [0.1, 0.15) is 12.4 Å². The van der Waals surface area contributed by atoms with Crippen LogP contribution in [-0.4, -0.2) is 44.4 Å². The smallest absolute Gasteiger partial charge is 0.191 e. The van der Waals surface area contributed by atoms with Gasteiger partial charge in [0.15, 0.2) is 5.96 Å². The molecule has 27 heavy (non-hydrogen) atoms. The molecule has 1 aromatic carbocycles. The topological polar surface area (TPSA) is 67.8 Å². The van der Waals surface area contributed by atoms with Gasteiger partial charge in [-0.05, 0) is 36.8 Å². The Kier molecular flexibility index (Phi) is 12.2. The van der Waals surface area contributed by atoms with Crippen LogP contribution in [0, 0.1) is 0 Å². The zero-order valence-electron chi connectivity index (χ0n) is 16.0. The molecule has 0 bridgehead atoms. The fraction of sp³-hybridized carbons (Fsp3) is 0.400. The van der Waals surface area contributed by atoms with Gasteiger partial charge < -0.3 is 20.1 Å². The molecular weight excluding hydrogens is 455 g/mol. The van der Waals surface area contributed by atoms with Gasteiger partial charge in [0, 0.05) is 38.5 Å². The monoisotopic (exact) mass is 484 g/mol. The molecule has 1 aromatic heterocycles. The average molecular weight is 484 g/mol. The van der Waals surface area contributed by atoms with Gasteiger partial charge >= 0.3 is 0 Å². The van der Waals surface area contributed by atoms with Crippen LogP contribution in [0.15, 0.2) is 53.7 Å². The van der Waals surface area contributed by atoms with Crippen LogP contribution in [0.25, 0.3) is 0 Å². The van der Waals surface area contributed by atoms with Crippen LogP contribution in [0.4, 0.5) is 0 Å². The Morgan fingerprint density at radius 1 is 1.11 bits per heavy atom. The summed E-state index contributed by atoms with van der Waals surface area (Å²) in [6, 6.07) is 13.9. The number of rotatable bonds is 10. The first-order chi connectivity index (χ1) is 12.8. The largest absolute Gasteiger partial charge is 0.491 e. The van der Waals surface area contributed by atoms with Crippen molar-refractivity contribution in [2.45, 2.75) is 19.9 Å². The Morgan fingerprint density at radius 2 is 2.00 bits per heavy atom. The predicted octanol–water partition coefficient (Wildman–Crippen LogP) is 3.02. The van der Waals surface area contributed by atoms with Crippen LogP contribution < -0.4 is 15.4 Å². The molecule has 7 heteroatoms. The van der Waals surface area contributed by atoms with E-state index in [0.29, 0.717) is 19.8 Å². The molecule has 6 nitrogen and oxygen atoms in total. The molecule has 2 rings (SSSR count). The van der Waals surface area contributed by atoms with E-state index in [1.54, 1.807) is 7.11 Å². The lowest BCUT2D eigenvalue weighted by atomic mass is 10.2. The second-order valence-electron chi connectivity index (χ2n) is 5.68. The van der Waals surface area contributed by atoms with Gasteiger partial charge in [-0.1, -0.05) is 18.2 Å². The Morgan fingerprint density at radius 3 is 2.74 bits per heavy atom. The van der Waals surface area contributed by atoms with Gasteiger partial charge in [-0.2, -0.15) is 0 Å². The zero-order chi connectivity index (χ0) is 18.5. The molecule has 0 atom stereocenters. The van der Waals surface area contributed by atoms with Crippen LogP contribution in [0.3, 0.4) is 0 Å². The highest BCUT2D eigenvalue weighted by atomic mass is 127. The van der Waals surface area contributed by atoms with Crippen molar-refractivity contribution in [3.63, 3.8) is 0 Å². The molecule has 0 amide bonds. The third kappa shape index (κ3) is 9.58. The number of hydrogen-bond donors (Lipinski definition) is 2. The third-order valence-electron chi connectivity index (χ3n) is 3.62. The van der Waals surface area contributed by atoms with Crippen molar-refractivity contribution < 1.29 is 9.47 Å². The maximum absolute atomic E-state index is 5.64. The molecule has 0 saturated carbocycles. The Labute approximate surface area is 178 Å². The molecule has 0 aliphatic heterocycles. The second-order valence-corrected chi connectivity index (χ2v) is 5.68. The fourth-order valence-electron chi connectivity index (χ4n) is 2.34. The first-order valence-electron chi connectivity index (χ1n) is 8.94. The summed E-state index contributed by atoms with van der Waals surface area (Å²) in [7, 11) is 1.66. The molecule has 0 fully saturated rings. The summed E-state index contributed by atoms with van der Waals surface area (Å²) in [5.74, 6) is 1.64. The average Bonchev–Trinajstić information content (AvgIpc) is 2.67. The highest BCUT2D eigenvalue weighted by Gasteiger charge is 2.00. The third-order valence-corrected chi connectivity index (χ3v) is 3.62. The summed E-state index contributed by atoms with van der Waals surface area (Å²) >= 11 is 0. The number of benzene rings is 1. The predicted molar refractivity (Wildman–Crippen MR) is 120 cm³/mol. The Bertz CT molecular complexity index is 668. The van der Waals surface area contributed by atoms with Gasteiger partial charge in [0.05, 0.1) is 13.2 Å². The molecule has 148 valence electrons. The number of ether oxygens (including phenoxy) is 2. The molecule has 0 aliphatic rings. The van der Waals surface area contributed by atoms with Gasteiger partial charge in [0.2, 0.25) is 0 Å². The van der Waals surface area contributed by atoms with Gasteiger partial charge in [0.25, 0.3) is 0 Å². The lowest BCUT2D eigenvalue weighted by Crippen LogP contribution is -2.38. The summed E-state index contributed by atoms with van der Waals surface area (Å²) in [5, 5.41) is 6.61. The van der Waals surface area contributed by atoms with Crippen LogP contribution in [0.1, 0.15) is 18.2 Å². The lowest BCUT2D eigenvalue weighted by Gasteiger charge is -2.11. The number of halogens is 1. The summed E-state index contributed by atoms with van der Waals surface area (Å²) in [6.07, 6.45) is 2.67. The number of nitrogens with zero attached hydrogens (tertiary/aromatic N) is 2. The van der Waals surface area contributed by atoms with E-state index in [1.165, 1.54) is 0 Å². The zero-order valence-corrected chi connectivity index (χ0v) is 18.3. The normalized spacial score (nSPS) is 10.8. The maximum Gasteiger partial charge on any atom is 0.191 e. The van der Waals surface area contributed by atoms with Crippen molar-refractivity contribution in [1.82, 2.24) is 15.6 Å². The minimum atomic E-state index is 0. The first-order valence-corrected chi connectivity index (χ1v) is 8.94. The van der Waals surface area contributed by atoms with E-state index in [-0.39, 0.29) is 24.0 Å². The molecular formula is C20H29IN4O2. The molecule has 1 heterocycles. The molecule has 2 N–H and O–H groups in total. The van der Waals surface area contributed by atoms with Crippen molar-refractivity contribution >= 4 is 29.9 Å². The molecule has 0 saturated heterocycles. The van der Waals surface area contributed by atoms with Crippen LogP contribution in [0.2, 0.25) is 0 Å². The lowest BCUT2D eigenvalue weighted by molar-refractivity contribution is 0.146. The van der Waals surface area contributed by atoms with Crippen molar-refractivity contribution in [1.29, 1.82) is 0 Å². The van der Waals surface area contributed by atoms with E-state index in [0.717, 1.165) is 42.5 Å². The van der Waals surface area contributed by atoms with Crippen LogP contribution in [-0.2, 0) is 17.7 Å². The quantitative estimate of drug-likeness (QED) is 0.235. The van der Waals surface area contributed by atoms with E-state index in [1.807, 2.05) is 48.7 Å². The van der Waals surface area contributed by atoms with Crippen molar-refractivity contribution in [3.05, 3.63) is 59.9 Å². The second kappa shape index (κ2) is 14.2. The number of methoxy groups -OCH3 is 1. The first kappa shape index (κ1) is 23.2. The van der Waals surface area contributed by atoms with E-state index in [4.69, 9.17) is 9.47 Å². The highest BCUT2D eigenvalue weighted by molar-refractivity contribution is 14.0. The number of guanidine groups is 1.